The summed E-state index contributed by atoms with van der Waals surface area (Å²) in [7, 11) is 0. The van der Waals surface area contributed by atoms with Gasteiger partial charge in [-0.1, -0.05) is 81.2 Å². The quantitative estimate of drug-likeness (QED) is 0.477. The third-order valence-electron chi connectivity index (χ3n) is 2.54. The Labute approximate surface area is 177 Å². The van der Waals surface area contributed by atoms with Gasteiger partial charge in [0.25, 0.3) is 5.91 Å². The zero-order valence-electron chi connectivity index (χ0n) is 11.7. The van der Waals surface area contributed by atoms with Gasteiger partial charge in [-0.05, 0) is 24.3 Å². The van der Waals surface area contributed by atoms with Crippen molar-refractivity contribution in [3.8, 4) is 0 Å². The minimum atomic E-state index is -2.00. The number of halogens is 7. The Morgan fingerprint density at radius 1 is 0.840 bits per heavy atom. The molecule has 0 aliphatic carbocycles. The van der Waals surface area contributed by atoms with Crippen molar-refractivity contribution in [2.24, 2.45) is 0 Å². The molecule has 1 amide bonds. The summed E-state index contributed by atoms with van der Waals surface area (Å²) in [5.41, 5.74) is 5.11. The normalized spacial score (nSPS) is 12.0. The number of carbonyl (C=O) groups is 1. The summed E-state index contributed by atoms with van der Waals surface area (Å²) in [4.78, 5) is 23.6. The van der Waals surface area contributed by atoms with Crippen LogP contribution in [0.2, 0.25) is 5.02 Å². The second kappa shape index (κ2) is 8.05. The molecule has 25 heavy (non-hydrogen) atoms. The summed E-state index contributed by atoms with van der Waals surface area (Å²) in [5.74, 6) is -1.28. The summed E-state index contributed by atoms with van der Waals surface area (Å²) in [5, 5.41) is 0.488. The lowest BCUT2D eigenvalue weighted by molar-refractivity contribution is 0.0962. The number of amides is 1. The fourth-order valence-corrected chi connectivity index (χ4v) is 2.10. The number of hydrazine groups is 1. The van der Waals surface area contributed by atoms with Crippen molar-refractivity contribution in [1.82, 2.24) is 20.4 Å². The fourth-order valence-electron chi connectivity index (χ4n) is 1.47. The first kappa shape index (κ1) is 20.8. The van der Waals surface area contributed by atoms with Crippen LogP contribution in [0.5, 0.6) is 0 Å². The highest BCUT2D eigenvalue weighted by atomic mass is 35.6. The Morgan fingerprint density at radius 3 is 1.76 bits per heavy atom. The average molecular weight is 484 g/mol. The van der Waals surface area contributed by atoms with Crippen LogP contribution >= 0.6 is 81.2 Å². The van der Waals surface area contributed by atoms with Gasteiger partial charge in [-0.15, -0.1) is 0 Å². The third-order valence-corrected chi connectivity index (χ3v) is 3.80. The number of benzene rings is 1. The molecule has 1 aromatic heterocycles. The number of hydrogen-bond donors (Lipinski definition) is 2. The molecule has 0 radical (unpaired) electrons. The van der Waals surface area contributed by atoms with Crippen LogP contribution in [0.1, 0.15) is 22.0 Å². The molecule has 2 N–H and O–H groups in total. The topological polar surface area (TPSA) is 79.8 Å². The maximum absolute atomic E-state index is 12.0. The van der Waals surface area contributed by atoms with Gasteiger partial charge in [-0.25, -0.2) is 4.98 Å². The predicted octanol–water partition coefficient (Wildman–Crippen LogP) is 4.94. The van der Waals surface area contributed by atoms with Crippen molar-refractivity contribution < 1.29 is 4.79 Å². The van der Waals surface area contributed by atoms with E-state index >= 15 is 0 Å². The Balaban J connectivity index is 2.23. The van der Waals surface area contributed by atoms with E-state index in [1.807, 2.05) is 0 Å². The zero-order chi connectivity index (χ0) is 18.8. The van der Waals surface area contributed by atoms with Crippen molar-refractivity contribution in [2.45, 2.75) is 7.59 Å². The molecule has 6 nitrogen and oxygen atoms in total. The lowest BCUT2D eigenvalue weighted by Crippen LogP contribution is -2.31. The van der Waals surface area contributed by atoms with Crippen LogP contribution in [0.3, 0.4) is 0 Å². The van der Waals surface area contributed by atoms with E-state index in [1.165, 1.54) is 12.1 Å². The van der Waals surface area contributed by atoms with E-state index < -0.39 is 13.5 Å². The number of carbonyl (C=O) groups excluding carboxylic acids is 1. The monoisotopic (exact) mass is 481 g/mol. The van der Waals surface area contributed by atoms with E-state index in [9.17, 15) is 4.79 Å². The van der Waals surface area contributed by atoms with E-state index in [0.29, 0.717) is 10.6 Å². The smallest absolute Gasteiger partial charge is 0.267 e. The number of alkyl halides is 6. The Bertz CT molecular complexity index is 741. The first-order valence-corrected chi connectivity index (χ1v) is 8.84. The number of rotatable bonds is 3. The largest absolute Gasteiger partial charge is 0.269 e. The molecule has 0 aliphatic rings. The first-order chi connectivity index (χ1) is 11.5. The summed E-state index contributed by atoms with van der Waals surface area (Å²) in [6, 6.07) is 6.15. The first-order valence-electron chi connectivity index (χ1n) is 6.19. The van der Waals surface area contributed by atoms with Crippen LogP contribution in [0, 0.1) is 0 Å². The molecule has 1 aromatic carbocycles. The number of nitrogens with zero attached hydrogens (tertiary/aromatic N) is 3. The van der Waals surface area contributed by atoms with Crippen LogP contribution in [-0.2, 0) is 7.59 Å². The molecular weight excluding hydrogens is 478 g/mol. The van der Waals surface area contributed by atoms with E-state index in [-0.39, 0.29) is 17.6 Å². The Morgan fingerprint density at radius 2 is 1.32 bits per heavy atom. The third kappa shape index (κ3) is 6.03. The van der Waals surface area contributed by atoms with E-state index in [1.54, 1.807) is 12.1 Å². The standard InChI is InChI=1S/C12H6Cl7N5O/c13-6-3-1-5(2-4-6)7(25)23-24-10-21-8(11(14,15)16)20-9(22-10)12(17,18)19/h1-4H,(H,23,25)(H,20,21,22,24). The Kier molecular flexibility index (Phi) is 6.71. The van der Waals surface area contributed by atoms with Gasteiger partial charge in [0.15, 0.2) is 11.6 Å². The summed E-state index contributed by atoms with van der Waals surface area (Å²) < 4.78 is -3.99. The minimum absolute atomic E-state index is 0.194. The number of nitrogens with one attached hydrogen (secondary N) is 2. The van der Waals surface area contributed by atoms with Gasteiger partial charge < -0.3 is 0 Å². The number of anilines is 1. The molecule has 2 rings (SSSR count). The number of hydrogen-bond acceptors (Lipinski definition) is 5. The summed E-state index contributed by atoms with van der Waals surface area (Å²) in [6.07, 6.45) is 0. The molecule has 0 bridgehead atoms. The highest BCUT2D eigenvalue weighted by Crippen LogP contribution is 2.40. The highest BCUT2D eigenvalue weighted by molar-refractivity contribution is 6.67. The van der Waals surface area contributed by atoms with Crippen molar-refractivity contribution in [3.05, 3.63) is 46.5 Å². The van der Waals surface area contributed by atoms with Crippen LogP contribution in [0.25, 0.3) is 0 Å². The van der Waals surface area contributed by atoms with Gasteiger partial charge in [0.1, 0.15) is 0 Å². The van der Waals surface area contributed by atoms with Crippen LogP contribution in [0.15, 0.2) is 24.3 Å². The highest BCUT2D eigenvalue weighted by Gasteiger charge is 2.33. The molecule has 0 aliphatic heterocycles. The van der Waals surface area contributed by atoms with Crippen LogP contribution in [0.4, 0.5) is 5.95 Å². The molecule has 2 aromatic rings. The van der Waals surface area contributed by atoms with Gasteiger partial charge in [-0.2, -0.15) is 9.97 Å². The second-order valence-corrected chi connectivity index (χ2v) is 9.39. The Hall–Kier alpha value is -0.470. The molecule has 1 heterocycles. The lowest BCUT2D eigenvalue weighted by atomic mass is 10.2. The maximum Gasteiger partial charge on any atom is 0.269 e. The average Bonchev–Trinajstić information content (AvgIpc) is 2.51. The van der Waals surface area contributed by atoms with Gasteiger partial charge in [-0.3, -0.25) is 15.6 Å². The second-order valence-electron chi connectivity index (χ2n) is 4.39. The van der Waals surface area contributed by atoms with Gasteiger partial charge >= 0.3 is 0 Å². The zero-order valence-corrected chi connectivity index (χ0v) is 17.0. The van der Waals surface area contributed by atoms with Crippen LogP contribution < -0.4 is 10.9 Å². The SMILES string of the molecule is O=C(NNc1nc(C(Cl)(Cl)Cl)nc(C(Cl)(Cl)Cl)n1)c1ccc(Cl)cc1. The molecule has 134 valence electrons. The minimum Gasteiger partial charge on any atom is -0.267 e. The number of aromatic nitrogens is 3. The van der Waals surface area contributed by atoms with Crippen molar-refractivity contribution in [2.75, 3.05) is 5.43 Å². The lowest BCUT2D eigenvalue weighted by Gasteiger charge is -2.16. The van der Waals surface area contributed by atoms with Crippen molar-refractivity contribution in [1.29, 1.82) is 0 Å². The van der Waals surface area contributed by atoms with E-state index in [2.05, 4.69) is 25.8 Å². The fraction of sp³-hybridized carbons (Fsp3) is 0.167. The molecule has 0 fully saturated rings. The molecule has 0 atom stereocenters. The van der Waals surface area contributed by atoms with Crippen molar-refractivity contribution in [3.63, 3.8) is 0 Å². The van der Waals surface area contributed by atoms with Crippen molar-refractivity contribution >= 4 is 93.1 Å². The molecule has 13 heteroatoms. The van der Waals surface area contributed by atoms with E-state index in [0.717, 1.165) is 0 Å². The molecule has 0 unspecified atom stereocenters. The molecule has 0 saturated heterocycles. The van der Waals surface area contributed by atoms with E-state index in [4.69, 9.17) is 81.2 Å². The summed E-state index contributed by atoms with van der Waals surface area (Å²) >= 11 is 40.2. The predicted molar refractivity (Wildman–Crippen MR) is 101 cm³/mol. The van der Waals surface area contributed by atoms with Crippen LogP contribution in [-0.4, -0.2) is 20.9 Å². The molecule has 0 saturated carbocycles. The molecule has 0 spiro atoms. The maximum atomic E-state index is 12.0. The summed E-state index contributed by atoms with van der Waals surface area (Å²) in [6.45, 7) is 0. The molecular formula is C12H6Cl7N5O. The van der Waals surface area contributed by atoms with Gasteiger partial charge in [0.2, 0.25) is 13.5 Å². The van der Waals surface area contributed by atoms with Gasteiger partial charge in [0.05, 0.1) is 0 Å². The van der Waals surface area contributed by atoms with Gasteiger partial charge in [0, 0.05) is 10.6 Å².